The fraction of sp³-hybridized carbons (Fsp3) is 0.190. The number of aromatic nitrogens is 3. The summed E-state index contributed by atoms with van der Waals surface area (Å²) in [6, 6.07) is 13.9. The molecule has 2 aromatic heterocycles. The number of carbonyl (C=O) groups is 1. The number of benzene rings is 2. The van der Waals surface area contributed by atoms with Crippen molar-refractivity contribution < 1.29 is 9.21 Å². The molecule has 0 aliphatic rings. The maximum atomic E-state index is 12.7. The molecular formula is C21H20N4O2. The number of nitrogens with zero attached hydrogens (tertiary/aromatic N) is 3. The Morgan fingerprint density at radius 3 is 2.70 bits per heavy atom. The van der Waals surface area contributed by atoms with Crippen LogP contribution in [0.15, 0.2) is 53.1 Å². The molecule has 0 atom stereocenters. The molecule has 0 saturated carbocycles. The van der Waals surface area contributed by atoms with Gasteiger partial charge in [0, 0.05) is 29.7 Å². The van der Waals surface area contributed by atoms with Crippen LogP contribution in [-0.4, -0.2) is 20.7 Å². The van der Waals surface area contributed by atoms with Crippen molar-refractivity contribution in [2.75, 3.05) is 5.32 Å². The van der Waals surface area contributed by atoms with Gasteiger partial charge in [-0.1, -0.05) is 30.3 Å². The third-order valence-electron chi connectivity index (χ3n) is 4.53. The molecule has 2 aromatic carbocycles. The highest BCUT2D eigenvalue weighted by Crippen LogP contribution is 2.29. The molecule has 2 heterocycles. The molecule has 0 fully saturated rings. The summed E-state index contributed by atoms with van der Waals surface area (Å²) in [6.07, 6.45) is 1.89. The molecule has 1 N–H and O–H groups in total. The van der Waals surface area contributed by atoms with E-state index in [1.807, 2.05) is 67.1 Å². The molecule has 0 aliphatic carbocycles. The number of rotatable bonds is 4. The van der Waals surface area contributed by atoms with E-state index in [-0.39, 0.29) is 12.5 Å². The summed E-state index contributed by atoms with van der Waals surface area (Å²) < 4.78 is 7.49. The Bertz CT molecular complexity index is 1140. The summed E-state index contributed by atoms with van der Waals surface area (Å²) in [5, 5.41) is 12.0. The predicted octanol–water partition coefficient (Wildman–Crippen LogP) is 4.26. The van der Waals surface area contributed by atoms with E-state index < -0.39 is 0 Å². The van der Waals surface area contributed by atoms with Gasteiger partial charge in [-0.3, -0.25) is 4.79 Å². The lowest BCUT2D eigenvalue weighted by Gasteiger charge is -2.10. The van der Waals surface area contributed by atoms with Crippen LogP contribution in [0.5, 0.6) is 0 Å². The first kappa shape index (κ1) is 17.0. The van der Waals surface area contributed by atoms with Crippen molar-refractivity contribution in [3.8, 4) is 11.5 Å². The van der Waals surface area contributed by atoms with Gasteiger partial charge in [-0.15, -0.1) is 10.2 Å². The molecule has 4 rings (SSSR count). The second kappa shape index (κ2) is 6.72. The van der Waals surface area contributed by atoms with Crippen LogP contribution in [-0.2, 0) is 11.3 Å². The van der Waals surface area contributed by atoms with E-state index in [4.69, 9.17) is 4.42 Å². The minimum Gasteiger partial charge on any atom is -0.421 e. The van der Waals surface area contributed by atoms with Gasteiger partial charge in [-0.05, 0) is 37.1 Å². The van der Waals surface area contributed by atoms with E-state index in [9.17, 15) is 4.79 Å². The maximum absolute atomic E-state index is 12.7. The SMILES string of the molecule is Cc1ccc(C)c(NC(=O)Cn2cc(-c3nnc(C)o3)c3ccccc32)c1. The number of para-hydroxylation sites is 1. The Hall–Kier alpha value is -3.41. The van der Waals surface area contributed by atoms with Crippen LogP contribution in [0.3, 0.4) is 0 Å². The van der Waals surface area contributed by atoms with Gasteiger partial charge in [0.15, 0.2) is 0 Å². The van der Waals surface area contributed by atoms with Crippen LogP contribution >= 0.6 is 0 Å². The third-order valence-corrected chi connectivity index (χ3v) is 4.53. The smallest absolute Gasteiger partial charge is 0.249 e. The van der Waals surface area contributed by atoms with E-state index in [2.05, 4.69) is 15.5 Å². The Morgan fingerprint density at radius 2 is 1.93 bits per heavy atom. The summed E-state index contributed by atoms with van der Waals surface area (Å²) in [7, 11) is 0. The summed E-state index contributed by atoms with van der Waals surface area (Å²) in [5.41, 5.74) is 4.75. The van der Waals surface area contributed by atoms with Crippen molar-refractivity contribution in [1.82, 2.24) is 14.8 Å². The lowest BCUT2D eigenvalue weighted by atomic mass is 10.1. The van der Waals surface area contributed by atoms with Crippen molar-refractivity contribution in [2.24, 2.45) is 0 Å². The lowest BCUT2D eigenvalue weighted by molar-refractivity contribution is -0.116. The van der Waals surface area contributed by atoms with E-state index in [0.717, 1.165) is 33.3 Å². The molecule has 0 saturated heterocycles. The number of amides is 1. The Balaban J connectivity index is 1.66. The average molecular weight is 360 g/mol. The number of aryl methyl sites for hydroxylation is 3. The van der Waals surface area contributed by atoms with Crippen LogP contribution in [0, 0.1) is 20.8 Å². The zero-order valence-corrected chi connectivity index (χ0v) is 15.5. The van der Waals surface area contributed by atoms with Gasteiger partial charge in [0.1, 0.15) is 6.54 Å². The standard InChI is InChI=1S/C21H20N4O2/c1-13-8-9-14(2)18(10-13)22-20(26)12-25-11-17(21-24-23-15(3)27-21)16-6-4-5-7-19(16)25/h4-11H,12H2,1-3H3,(H,22,26). The zero-order chi connectivity index (χ0) is 19.0. The first-order chi connectivity index (χ1) is 13.0. The van der Waals surface area contributed by atoms with Gasteiger partial charge in [-0.25, -0.2) is 0 Å². The number of anilines is 1. The molecule has 0 bridgehead atoms. The van der Waals surface area contributed by atoms with Gasteiger partial charge < -0.3 is 14.3 Å². The first-order valence-electron chi connectivity index (χ1n) is 8.77. The predicted molar refractivity (Wildman–Crippen MR) is 105 cm³/mol. The summed E-state index contributed by atoms with van der Waals surface area (Å²) in [5.74, 6) is 0.879. The maximum Gasteiger partial charge on any atom is 0.249 e. The van der Waals surface area contributed by atoms with Crippen LogP contribution in [0.2, 0.25) is 0 Å². The highest BCUT2D eigenvalue weighted by Gasteiger charge is 2.16. The number of hydrogen-bond donors (Lipinski definition) is 1. The van der Waals surface area contributed by atoms with E-state index >= 15 is 0 Å². The van der Waals surface area contributed by atoms with Crippen molar-refractivity contribution in [3.63, 3.8) is 0 Å². The molecule has 0 radical (unpaired) electrons. The zero-order valence-electron chi connectivity index (χ0n) is 15.5. The number of fused-ring (bicyclic) bond motifs is 1. The topological polar surface area (TPSA) is 73.0 Å². The molecule has 6 heteroatoms. The number of nitrogens with one attached hydrogen (secondary N) is 1. The number of hydrogen-bond acceptors (Lipinski definition) is 4. The van der Waals surface area contributed by atoms with Crippen molar-refractivity contribution in [1.29, 1.82) is 0 Å². The highest BCUT2D eigenvalue weighted by molar-refractivity contribution is 5.96. The summed E-state index contributed by atoms with van der Waals surface area (Å²) >= 11 is 0. The molecule has 136 valence electrons. The summed E-state index contributed by atoms with van der Waals surface area (Å²) in [6.45, 7) is 5.94. The first-order valence-corrected chi connectivity index (χ1v) is 8.77. The lowest BCUT2D eigenvalue weighted by Crippen LogP contribution is -2.18. The Kier molecular flexibility index (Phi) is 4.24. The minimum absolute atomic E-state index is 0.0855. The van der Waals surface area contributed by atoms with E-state index in [1.165, 1.54) is 0 Å². The normalized spacial score (nSPS) is 11.1. The second-order valence-electron chi connectivity index (χ2n) is 6.68. The van der Waals surface area contributed by atoms with Gasteiger partial charge >= 0.3 is 0 Å². The van der Waals surface area contributed by atoms with Crippen molar-refractivity contribution in [2.45, 2.75) is 27.3 Å². The monoisotopic (exact) mass is 360 g/mol. The summed E-state index contributed by atoms with van der Waals surface area (Å²) in [4.78, 5) is 12.7. The van der Waals surface area contributed by atoms with Crippen molar-refractivity contribution in [3.05, 3.63) is 65.7 Å². The molecule has 1 amide bonds. The van der Waals surface area contributed by atoms with Crippen LogP contribution < -0.4 is 5.32 Å². The van der Waals surface area contributed by atoms with E-state index in [1.54, 1.807) is 6.92 Å². The molecule has 27 heavy (non-hydrogen) atoms. The molecule has 0 spiro atoms. The van der Waals surface area contributed by atoms with Crippen LogP contribution in [0.1, 0.15) is 17.0 Å². The van der Waals surface area contributed by atoms with Gasteiger partial charge in [-0.2, -0.15) is 0 Å². The van der Waals surface area contributed by atoms with E-state index in [0.29, 0.717) is 11.8 Å². The third kappa shape index (κ3) is 3.33. The second-order valence-corrected chi connectivity index (χ2v) is 6.68. The highest BCUT2D eigenvalue weighted by atomic mass is 16.4. The largest absolute Gasteiger partial charge is 0.421 e. The molecule has 4 aromatic rings. The van der Waals surface area contributed by atoms with Gasteiger partial charge in [0.25, 0.3) is 0 Å². The van der Waals surface area contributed by atoms with Gasteiger partial charge in [0.2, 0.25) is 17.7 Å². The Labute approximate surface area is 156 Å². The van der Waals surface area contributed by atoms with Crippen LogP contribution in [0.4, 0.5) is 5.69 Å². The molecule has 0 unspecified atom stereocenters. The van der Waals surface area contributed by atoms with Crippen molar-refractivity contribution >= 4 is 22.5 Å². The molecule has 6 nitrogen and oxygen atoms in total. The Morgan fingerprint density at radius 1 is 1.11 bits per heavy atom. The minimum atomic E-state index is -0.0855. The molecule has 0 aliphatic heterocycles. The fourth-order valence-corrected chi connectivity index (χ4v) is 3.17. The van der Waals surface area contributed by atoms with Gasteiger partial charge in [0.05, 0.1) is 5.56 Å². The molecular weight excluding hydrogens is 340 g/mol. The number of carbonyl (C=O) groups excluding carboxylic acids is 1. The fourth-order valence-electron chi connectivity index (χ4n) is 3.17. The average Bonchev–Trinajstić information content (AvgIpc) is 3.22. The van der Waals surface area contributed by atoms with Crippen LogP contribution in [0.25, 0.3) is 22.4 Å². The quantitative estimate of drug-likeness (QED) is 0.590.